The van der Waals surface area contributed by atoms with Crippen LogP contribution in [0, 0.1) is 34.5 Å². The number of ketones is 2. The smallest absolute Gasteiger partial charge is 0.328 e. The van der Waals surface area contributed by atoms with E-state index in [-0.39, 0.29) is 10.8 Å². The third-order valence-electron chi connectivity index (χ3n) is 8.82. The third-order valence-corrected chi connectivity index (χ3v) is 8.82. The predicted molar refractivity (Wildman–Crippen MR) is 115 cm³/mol. The Hall–Kier alpha value is -2.24. The minimum Gasteiger partial charge on any atom is -0.478 e. The molecule has 4 rings (SSSR count). The van der Waals surface area contributed by atoms with E-state index in [4.69, 9.17) is 10.2 Å². The number of aliphatic carboxylic acids is 2. The lowest BCUT2D eigenvalue weighted by Crippen LogP contribution is -2.51. The van der Waals surface area contributed by atoms with Gasteiger partial charge in [0.05, 0.1) is 0 Å². The van der Waals surface area contributed by atoms with Crippen LogP contribution in [0.2, 0.25) is 0 Å². The fourth-order valence-corrected chi connectivity index (χ4v) is 7.37. The molecule has 0 radical (unpaired) electrons. The molecule has 170 valence electrons. The van der Waals surface area contributed by atoms with Gasteiger partial charge >= 0.3 is 11.9 Å². The van der Waals surface area contributed by atoms with Gasteiger partial charge in [-0.15, -0.1) is 0 Å². The minimum atomic E-state index is -1.26. The number of rotatable bonds is 3. The second-order valence-electron chi connectivity index (χ2n) is 10.3. The Morgan fingerprint density at radius 3 is 2.16 bits per heavy atom. The molecule has 31 heavy (non-hydrogen) atoms. The van der Waals surface area contributed by atoms with Crippen LogP contribution in [-0.2, 0) is 19.2 Å². The topological polar surface area (TPSA) is 109 Å². The average Bonchev–Trinajstić information content (AvgIpc) is 3.05. The molecule has 4 aliphatic carbocycles. The van der Waals surface area contributed by atoms with Gasteiger partial charge < -0.3 is 10.2 Å². The van der Waals surface area contributed by atoms with E-state index in [0.717, 1.165) is 43.4 Å². The van der Waals surface area contributed by atoms with Gasteiger partial charge in [-0.1, -0.05) is 19.4 Å². The van der Waals surface area contributed by atoms with Crippen molar-refractivity contribution in [3.05, 3.63) is 23.8 Å². The molecule has 4 aliphatic rings. The van der Waals surface area contributed by atoms with E-state index < -0.39 is 11.9 Å². The molecular formula is C25H34O6. The number of carboxylic acids is 2. The van der Waals surface area contributed by atoms with Crippen LogP contribution in [0.5, 0.6) is 0 Å². The molecule has 6 heteroatoms. The fourth-order valence-electron chi connectivity index (χ4n) is 7.37. The summed E-state index contributed by atoms with van der Waals surface area (Å²) in [6, 6.07) is 0. The van der Waals surface area contributed by atoms with Crippen LogP contribution < -0.4 is 0 Å². The van der Waals surface area contributed by atoms with Crippen LogP contribution in [0.15, 0.2) is 23.8 Å². The highest BCUT2D eigenvalue weighted by Crippen LogP contribution is 2.66. The van der Waals surface area contributed by atoms with Gasteiger partial charge in [0.1, 0.15) is 5.78 Å². The summed E-state index contributed by atoms with van der Waals surface area (Å²) in [5, 5.41) is 15.6. The molecular weight excluding hydrogens is 396 g/mol. The highest BCUT2D eigenvalue weighted by atomic mass is 16.4. The van der Waals surface area contributed by atoms with Crippen molar-refractivity contribution in [1.29, 1.82) is 0 Å². The number of hydrogen-bond donors (Lipinski definition) is 2. The van der Waals surface area contributed by atoms with Gasteiger partial charge in [0.25, 0.3) is 0 Å². The lowest BCUT2D eigenvalue weighted by atomic mass is 9.47. The minimum absolute atomic E-state index is 0.245. The van der Waals surface area contributed by atoms with Crippen LogP contribution in [0.4, 0.5) is 0 Å². The van der Waals surface area contributed by atoms with Crippen molar-refractivity contribution in [1.82, 2.24) is 0 Å². The molecule has 3 saturated carbocycles. The first-order chi connectivity index (χ1) is 14.5. The van der Waals surface area contributed by atoms with E-state index in [1.807, 2.05) is 6.08 Å². The van der Waals surface area contributed by atoms with Gasteiger partial charge in [0, 0.05) is 24.5 Å². The maximum atomic E-state index is 12.1. The van der Waals surface area contributed by atoms with E-state index in [1.165, 1.54) is 31.3 Å². The molecule has 0 aliphatic heterocycles. The van der Waals surface area contributed by atoms with Crippen molar-refractivity contribution < 1.29 is 29.4 Å². The first-order valence-electron chi connectivity index (χ1n) is 11.4. The standard InChI is InChI=1S/C21H30O2.C4H4O4/c1-13(22)17-6-7-18-16-5-4-14-12-15(23)8-10-20(14,2)19(16)9-11-21(17,18)3;5-3(6)1-2-4(7)8/h12,16-19H,4-11H2,1-3H3;1-2H,(H,5,6)(H,7,8)/b;2-1-/t16-,17+,18-,19-,20-,21+;/m0./s1. The Labute approximate surface area is 183 Å². The number of carbonyl (C=O) groups excluding carboxylic acids is 2. The first kappa shape index (κ1) is 23.4. The van der Waals surface area contributed by atoms with Crippen molar-refractivity contribution in [2.24, 2.45) is 34.5 Å². The summed E-state index contributed by atoms with van der Waals surface area (Å²) in [5.41, 5.74) is 1.95. The first-order valence-corrected chi connectivity index (χ1v) is 11.4. The van der Waals surface area contributed by atoms with E-state index in [9.17, 15) is 19.2 Å². The van der Waals surface area contributed by atoms with Gasteiger partial charge in [0.2, 0.25) is 0 Å². The number of carboxylic acid groups (broad SMARTS) is 2. The van der Waals surface area contributed by atoms with E-state index >= 15 is 0 Å². The SMILES string of the molecule is CC(=O)[C@H]1CC[C@H]2[C@@H]3CCC4=CC(=O)CC[C@]4(C)[C@H]3CC[C@]12C.O=C(O)/C=C\C(=O)O. The summed E-state index contributed by atoms with van der Waals surface area (Å²) in [6.45, 7) is 6.65. The van der Waals surface area contributed by atoms with Crippen LogP contribution >= 0.6 is 0 Å². The Morgan fingerprint density at radius 1 is 0.935 bits per heavy atom. The number of allylic oxidation sites excluding steroid dienone is 1. The fraction of sp³-hybridized carbons (Fsp3) is 0.680. The van der Waals surface area contributed by atoms with Crippen LogP contribution in [0.3, 0.4) is 0 Å². The molecule has 0 unspecified atom stereocenters. The second kappa shape index (κ2) is 8.71. The number of hydrogen-bond acceptors (Lipinski definition) is 4. The summed E-state index contributed by atoms with van der Waals surface area (Å²) in [4.78, 5) is 43.1. The van der Waals surface area contributed by atoms with Crippen molar-refractivity contribution in [2.45, 2.75) is 72.1 Å². The molecule has 3 fully saturated rings. The summed E-state index contributed by atoms with van der Waals surface area (Å²) >= 11 is 0. The molecule has 0 saturated heterocycles. The zero-order chi connectivity index (χ0) is 23.0. The molecule has 0 spiro atoms. The van der Waals surface area contributed by atoms with Crippen LogP contribution in [0.25, 0.3) is 0 Å². The quantitative estimate of drug-likeness (QED) is 0.641. The highest BCUT2D eigenvalue weighted by molar-refractivity contribution is 5.91. The Morgan fingerprint density at radius 2 is 1.58 bits per heavy atom. The lowest BCUT2D eigenvalue weighted by Gasteiger charge is -2.58. The second-order valence-corrected chi connectivity index (χ2v) is 10.3. The summed E-state index contributed by atoms with van der Waals surface area (Å²) < 4.78 is 0. The highest BCUT2D eigenvalue weighted by Gasteiger charge is 2.59. The average molecular weight is 431 g/mol. The van der Waals surface area contributed by atoms with Gasteiger partial charge in [0.15, 0.2) is 5.78 Å². The summed E-state index contributed by atoms with van der Waals surface area (Å²) in [6.07, 6.45) is 12.1. The number of fused-ring (bicyclic) bond motifs is 5. The lowest BCUT2D eigenvalue weighted by molar-refractivity contribution is -0.134. The summed E-state index contributed by atoms with van der Waals surface area (Å²) in [7, 11) is 0. The van der Waals surface area contributed by atoms with Crippen LogP contribution in [0.1, 0.15) is 72.1 Å². The van der Waals surface area contributed by atoms with Gasteiger partial charge in [-0.25, -0.2) is 9.59 Å². The van der Waals surface area contributed by atoms with Crippen molar-refractivity contribution in [3.63, 3.8) is 0 Å². The van der Waals surface area contributed by atoms with E-state index in [0.29, 0.717) is 29.6 Å². The van der Waals surface area contributed by atoms with Gasteiger partial charge in [-0.3, -0.25) is 9.59 Å². The Balaban J connectivity index is 0.000000293. The van der Waals surface area contributed by atoms with Crippen LogP contribution in [-0.4, -0.2) is 33.7 Å². The largest absolute Gasteiger partial charge is 0.478 e. The number of Topliss-reactive ketones (excluding diaryl/α,β-unsaturated/α-hetero) is 1. The van der Waals surface area contributed by atoms with Gasteiger partial charge in [-0.2, -0.15) is 0 Å². The zero-order valence-corrected chi connectivity index (χ0v) is 18.7. The molecule has 6 nitrogen and oxygen atoms in total. The molecule has 6 atom stereocenters. The number of carbonyl (C=O) groups is 4. The van der Waals surface area contributed by atoms with Crippen molar-refractivity contribution in [3.8, 4) is 0 Å². The van der Waals surface area contributed by atoms with E-state index in [2.05, 4.69) is 13.8 Å². The Bertz CT molecular complexity index is 823. The molecule has 0 aromatic carbocycles. The molecule has 2 N–H and O–H groups in total. The maximum Gasteiger partial charge on any atom is 0.328 e. The molecule has 0 heterocycles. The van der Waals surface area contributed by atoms with E-state index in [1.54, 1.807) is 6.92 Å². The maximum absolute atomic E-state index is 12.1. The third kappa shape index (κ3) is 4.39. The van der Waals surface area contributed by atoms with Crippen molar-refractivity contribution in [2.75, 3.05) is 0 Å². The molecule has 0 amide bonds. The monoisotopic (exact) mass is 430 g/mol. The molecule has 0 aromatic heterocycles. The predicted octanol–water partition coefficient (Wildman–Crippen LogP) is 4.44. The normalized spacial score (nSPS) is 38.8. The van der Waals surface area contributed by atoms with Crippen molar-refractivity contribution >= 4 is 23.5 Å². The Kier molecular flexibility index (Phi) is 6.59. The molecule has 0 aromatic rings. The summed E-state index contributed by atoms with van der Waals surface area (Å²) in [5.74, 6) is 0.776. The van der Waals surface area contributed by atoms with Gasteiger partial charge in [-0.05, 0) is 86.5 Å². The zero-order valence-electron chi connectivity index (χ0n) is 18.7. The molecule has 0 bridgehead atoms.